The smallest absolute Gasteiger partial charge is 0.405 e. The summed E-state index contributed by atoms with van der Waals surface area (Å²) in [7, 11) is -5.09. The first kappa shape index (κ1) is 39.5. The van der Waals surface area contributed by atoms with Gasteiger partial charge >= 0.3 is 13.3 Å². The van der Waals surface area contributed by atoms with E-state index in [-0.39, 0.29) is 24.0 Å². The number of alkyl halides is 2. The Morgan fingerprint density at radius 1 is 0.784 bits per heavy atom. The monoisotopic (exact) mass is 719 g/mol. The molecule has 0 aliphatic heterocycles. The third kappa shape index (κ3) is 9.53. The largest absolute Gasteiger partial charge is 0.545 e. The van der Waals surface area contributed by atoms with E-state index < -0.39 is 53.0 Å². The summed E-state index contributed by atoms with van der Waals surface area (Å²) >= 11 is 0. The highest BCUT2D eigenvalue weighted by Crippen LogP contribution is 2.69. The van der Waals surface area contributed by atoms with Crippen molar-refractivity contribution >= 4 is 25.4 Å². The van der Waals surface area contributed by atoms with Gasteiger partial charge < -0.3 is 9.90 Å². The molecule has 0 aliphatic carbocycles. The first-order valence-electron chi connectivity index (χ1n) is 16.5. The van der Waals surface area contributed by atoms with Gasteiger partial charge in [-0.2, -0.15) is 8.78 Å². The number of carbonyl (C=O) groups is 2. The first-order chi connectivity index (χ1) is 23.7. The van der Waals surface area contributed by atoms with Gasteiger partial charge in [-0.05, 0) is 108 Å². The molecular weight excluding hydrogens is 676 g/mol. The molecular formula is C41H43F3O6P-. The lowest BCUT2D eigenvalue weighted by atomic mass is 9.67. The Kier molecular flexibility index (Phi) is 11.7. The van der Waals surface area contributed by atoms with Crippen molar-refractivity contribution in [2.24, 2.45) is 0 Å². The third-order valence-corrected chi connectivity index (χ3v) is 10.6. The van der Waals surface area contributed by atoms with Crippen molar-refractivity contribution in [3.63, 3.8) is 0 Å². The quantitative estimate of drug-likeness (QED) is 0.101. The molecule has 51 heavy (non-hydrogen) atoms. The molecule has 6 nitrogen and oxygen atoms in total. The van der Waals surface area contributed by atoms with Gasteiger partial charge in [0.2, 0.25) is 0 Å². The van der Waals surface area contributed by atoms with E-state index in [2.05, 4.69) is 0 Å². The molecule has 0 spiro atoms. The zero-order chi connectivity index (χ0) is 37.8. The summed E-state index contributed by atoms with van der Waals surface area (Å²) in [6.45, 7) is 10.7. The lowest BCUT2D eigenvalue weighted by Crippen LogP contribution is -2.38. The number of carboxylic acid groups (broad SMARTS) is 1. The maximum absolute atomic E-state index is 16.2. The van der Waals surface area contributed by atoms with E-state index >= 15 is 8.78 Å². The van der Waals surface area contributed by atoms with Gasteiger partial charge in [-0.15, -0.1) is 0 Å². The number of rotatable bonds is 13. The molecule has 0 radical (unpaired) electrons. The lowest BCUT2D eigenvalue weighted by molar-refractivity contribution is -0.255. The van der Waals surface area contributed by atoms with Gasteiger partial charge in [0, 0.05) is 16.7 Å². The van der Waals surface area contributed by atoms with Crippen molar-refractivity contribution in [2.45, 2.75) is 83.6 Å². The molecule has 1 atom stereocenters. The molecule has 0 aromatic heterocycles. The van der Waals surface area contributed by atoms with Crippen molar-refractivity contribution in [3.05, 3.63) is 148 Å². The fourth-order valence-corrected chi connectivity index (χ4v) is 7.98. The van der Waals surface area contributed by atoms with Crippen LogP contribution in [0.5, 0.6) is 0 Å². The van der Waals surface area contributed by atoms with Crippen LogP contribution in [0.15, 0.2) is 103 Å². The highest BCUT2D eigenvalue weighted by Gasteiger charge is 2.58. The van der Waals surface area contributed by atoms with Gasteiger partial charge in [0.05, 0.1) is 22.6 Å². The molecule has 0 saturated heterocycles. The van der Waals surface area contributed by atoms with Crippen LogP contribution in [0.25, 0.3) is 6.08 Å². The summed E-state index contributed by atoms with van der Waals surface area (Å²) in [6, 6.07) is 24.2. The van der Waals surface area contributed by atoms with Crippen LogP contribution in [0.3, 0.4) is 0 Å². The lowest BCUT2D eigenvalue weighted by Gasteiger charge is -2.36. The molecule has 4 aromatic rings. The normalized spacial score (nSPS) is 14.0. The Bertz CT molecular complexity index is 1910. The van der Waals surface area contributed by atoms with Crippen molar-refractivity contribution in [2.75, 3.05) is 0 Å². The van der Waals surface area contributed by atoms with Crippen molar-refractivity contribution < 1.29 is 41.5 Å². The predicted octanol–water partition coefficient (Wildman–Crippen LogP) is 9.84. The number of aryl methyl sites for hydroxylation is 1. The molecule has 0 aliphatic rings. The van der Waals surface area contributed by atoms with Gasteiger partial charge in [-0.1, -0.05) is 84.9 Å². The number of hydrogen-bond acceptors (Lipinski definition) is 6. The fourth-order valence-electron chi connectivity index (χ4n) is 5.81. The number of carbonyl (C=O) groups excluding carboxylic acids is 2. The average Bonchev–Trinajstić information content (AvgIpc) is 3.03. The Morgan fingerprint density at radius 2 is 1.33 bits per heavy atom. The number of hydrogen-bond donors (Lipinski definition) is 0. The number of allylic oxidation sites excluding steroid dienone is 1. The highest BCUT2D eigenvalue weighted by molar-refractivity contribution is 7.54. The van der Waals surface area contributed by atoms with Crippen LogP contribution in [0, 0.1) is 12.7 Å². The number of Topliss-reactive ketones (excluding diaryl/α,β-unsaturated/α-hetero) is 1. The molecule has 10 heteroatoms. The van der Waals surface area contributed by atoms with Crippen molar-refractivity contribution in [3.8, 4) is 0 Å². The van der Waals surface area contributed by atoms with Crippen molar-refractivity contribution in [1.82, 2.24) is 0 Å². The maximum atomic E-state index is 16.2. The zero-order valence-corrected chi connectivity index (χ0v) is 30.7. The van der Waals surface area contributed by atoms with E-state index in [0.717, 1.165) is 17.7 Å². The van der Waals surface area contributed by atoms with Gasteiger partial charge in [-0.25, -0.2) is 4.39 Å². The molecule has 0 bridgehead atoms. The van der Waals surface area contributed by atoms with Crippen LogP contribution in [0.4, 0.5) is 13.2 Å². The molecule has 0 saturated carbocycles. The molecule has 270 valence electrons. The molecule has 0 N–H and O–H groups in total. The number of ketones is 1. The number of aromatic carboxylic acids is 1. The third-order valence-electron chi connectivity index (χ3n) is 8.06. The maximum Gasteiger partial charge on any atom is 0.405 e. The van der Waals surface area contributed by atoms with Crippen LogP contribution < -0.4 is 5.11 Å². The van der Waals surface area contributed by atoms with Crippen LogP contribution in [0.1, 0.15) is 96.5 Å². The van der Waals surface area contributed by atoms with E-state index in [0.29, 0.717) is 16.7 Å². The van der Waals surface area contributed by atoms with Crippen molar-refractivity contribution in [1.29, 1.82) is 0 Å². The minimum atomic E-state index is -5.09. The van der Waals surface area contributed by atoms with Crippen LogP contribution in [-0.4, -0.2) is 23.0 Å². The second-order valence-corrected chi connectivity index (χ2v) is 16.5. The van der Waals surface area contributed by atoms with Gasteiger partial charge in [0.15, 0.2) is 5.78 Å². The second kappa shape index (κ2) is 15.1. The van der Waals surface area contributed by atoms with E-state index in [1.165, 1.54) is 84.0 Å². The standard InChI is InChI=1S/C41H44F3O6P/c1-28-26-33(21-24-35(28)37(46)47)40(25-11-14-29-12-9-8-10-13-29,36(45)31-17-22-34(42)23-18-31)27-30-15-19-32(20-16-30)41(43,44)51(48,49-38(2,3)4)50-39(5,6)7/h8-24,26H,25,27H2,1-7H3,(H,46,47)/p-1/b14-11+. The summed E-state index contributed by atoms with van der Waals surface area (Å²) in [5.41, 5.74) is -6.17. The van der Waals surface area contributed by atoms with E-state index in [1.807, 2.05) is 42.5 Å². The number of benzene rings is 4. The SMILES string of the molecule is Cc1cc(C(C/C=C/c2ccccc2)(Cc2ccc(C(F)(F)P(=O)(OC(C)(C)C)OC(C)(C)C)cc2)C(=O)c2ccc(F)cc2)ccc1C(=O)[O-]. The molecule has 0 amide bonds. The molecule has 1 unspecified atom stereocenters. The van der Waals surface area contributed by atoms with Gasteiger partial charge in [0.1, 0.15) is 5.82 Å². The van der Waals surface area contributed by atoms with Crippen LogP contribution in [-0.2, 0) is 31.1 Å². The molecule has 0 fully saturated rings. The Morgan fingerprint density at radius 3 is 1.84 bits per heavy atom. The first-order valence-corrected chi connectivity index (χ1v) is 18.0. The second-order valence-electron chi connectivity index (χ2n) is 14.6. The number of carboxylic acids is 1. The van der Waals surface area contributed by atoms with Crippen LogP contribution in [0.2, 0.25) is 0 Å². The summed E-state index contributed by atoms with van der Waals surface area (Å²) in [6.07, 6.45) is 3.76. The van der Waals surface area contributed by atoms with E-state index in [9.17, 15) is 23.7 Å². The summed E-state index contributed by atoms with van der Waals surface area (Å²) < 4.78 is 71.2. The Balaban J connectivity index is 1.87. The zero-order valence-electron chi connectivity index (χ0n) is 29.8. The molecule has 4 rings (SSSR count). The summed E-state index contributed by atoms with van der Waals surface area (Å²) in [4.78, 5) is 26.5. The summed E-state index contributed by atoms with van der Waals surface area (Å²) in [5.74, 6) is -2.30. The predicted molar refractivity (Wildman–Crippen MR) is 191 cm³/mol. The topological polar surface area (TPSA) is 92.7 Å². The Labute approximate surface area is 297 Å². The average molecular weight is 720 g/mol. The van der Waals surface area contributed by atoms with E-state index in [4.69, 9.17) is 9.05 Å². The minimum Gasteiger partial charge on any atom is -0.545 e. The Hall–Kier alpha value is -4.30. The molecule has 0 heterocycles. The minimum absolute atomic E-state index is 0.0209. The van der Waals surface area contributed by atoms with Gasteiger partial charge in [0.25, 0.3) is 0 Å². The number of halogens is 3. The van der Waals surface area contributed by atoms with Gasteiger partial charge in [-0.3, -0.25) is 18.4 Å². The van der Waals surface area contributed by atoms with Crippen LogP contribution >= 0.6 is 7.60 Å². The highest BCUT2D eigenvalue weighted by atomic mass is 31.2. The summed E-state index contributed by atoms with van der Waals surface area (Å²) in [5, 5.41) is 11.8. The fraction of sp³-hybridized carbons (Fsp3) is 0.317. The molecule has 4 aromatic carbocycles. The van der Waals surface area contributed by atoms with E-state index in [1.54, 1.807) is 19.1 Å².